The number of nitrogens with one attached hydrogen (secondary N) is 1. The van der Waals surface area contributed by atoms with Crippen molar-refractivity contribution < 1.29 is 14.4 Å². The summed E-state index contributed by atoms with van der Waals surface area (Å²) in [6, 6.07) is 10.0. The Morgan fingerprint density at radius 3 is 2.09 bits per heavy atom. The maximum atomic E-state index is 13.0. The molecule has 1 aliphatic rings. The lowest BCUT2D eigenvalue weighted by Crippen LogP contribution is -2.41. The number of benzene rings is 2. The highest BCUT2D eigenvalue weighted by Gasteiger charge is 2.28. The number of amides is 2. The summed E-state index contributed by atoms with van der Waals surface area (Å²) in [7, 11) is 0. The van der Waals surface area contributed by atoms with E-state index in [1.807, 2.05) is 39.0 Å². The summed E-state index contributed by atoms with van der Waals surface area (Å²) in [6.07, 6.45) is 2.44. The Kier molecular flexibility index (Phi) is 8.61. The molecule has 2 aromatic rings. The van der Waals surface area contributed by atoms with Gasteiger partial charge in [0, 0.05) is 37.4 Å². The summed E-state index contributed by atoms with van der Waals surface area (Å²) in [4.78, 5) is 42.6. The van der Waals surface area contributed by atoms with Crippen LogP contribution in [0.1, 0.15) is 58.4 Å². The van der Waals surface area contributed by atoms with E-state index < -0.39 is 11.7 Å². The number of ketones is 1. The van der Waals surface area contributed by atoms with E-state index in [0.717, 1.165) is 52.8 Å². The van der Waals surface area contributed by atoms with Crippen LogP contribution in [0.5, 0.6) is 0 Å². The van der Waals surface area contributed by atoms with Crippen molar-refractivity contribution in [1.82, 2.24) is 9.80 Å². The standard InChI is InChI=1S/C28H37N3O3/c1-6-22-10-8-11-23(7-2)26(22)29-24(32)18-30-12-9-13-31(15-14-30)28(34)27(33)25-20(4)16-19(3)17-21(25)5/h8,10-11,16-17H,6-7,9,12-15,18H2,1-5H3,(H,29,32). The first-order chi connectivity index (χ1) is 16.2. The van der Waals surface area contributed by atoms with Gasteiger partial charge in [0.15, 0.2) is 0 Å². The summed E-state index contributed by atoms with van der Waals surface area (Å²) < 4.78 is 0. The van der Waals surface area contributed by atoms with E-state index in [4.69, 9.17) is 0 Å². The minimum absolute atomic E-state index is 0.0441. The van der Waals surface area contributed by atoms with Crippen LogP contribution in [0.15, 0.2) is 30.3 Å². The van der Waals surface area contributed by atoms with Crippen LogP contribution < -0.4 is 5.32 Å². The number of hydrogen-bond donors (Lipinski definition) is 1. The molecule has 0 aromatic heterocycles. The molecule has 1 aliphatic heterocycles. The van der Waals surface area contributed by atoms with E-state index in [-0.39, 0.29) is 12.5 Å². The van der Waals surface area contributed by atoms with Crippen LogP contribution in [0, 0.1) is 20.8 Å². The molecule has 0 radical (unpaired) electrons. The number of Topliss-reactive ketones (excluding diaryl/α,β-unsaturated/α-hetero) is 1. The second kappa shape index (κ2) is 11.4. The molecular formula is C28H37N3O3. The van der Waals surface area contributed by atoms with Crippen molar-refractivity contribution in [2.24, 2.45) is 0 Å². The molecule has 1 heterocycles. The zero-order valence-electron chi connectivity index (χ0n) is 21.2. The first-order valence-electron chi connectivity index (χ1n) is 12.3. The Hall–Kier alpha value is -2.99. The van der Waals surface area contributed by atoms with Gasteiger partial charge in [-0.05, 0) is 62.3 Å². The van der Waals surface area contributed by atoms with E-state index in [2.05, 4.69) is 36.2 Å². The van der Waals surface area contributed by atoms with Gasteiger partial charge in [0.2, 0.25) is 5.91 Å². The number of hydrogen-bond acceptors (Lipinski definition) is 4. The smallest absolute Gasteiger partial charge is 0.295 e. The van der Waals surface area contributed by atoms with E-state index in [0.29, 0.717) is 31.7 Å². The molecular weight excluding hydrogens is 426 g/mol. The lowest BCUT2D eigenvalue weighted by atomic mass is 9.96. The Morgan fingerprint density at radius 1 is 0.882 bits per heavy atom. The summed E-state index contributed by atoms with van der Waals surface area (Å²) in [5.74, 6) is -0.937. The fraction of sp³-hybridized carbons (Fsp3) is 0.464. The average molecular weight is 464 g/mol. The van der Waals surface area contributed by atoms with Crippen LogP contribution in [0.2, 0.25) is 0 Å². The lowest BCUT2D eigenvalue weighted by molar-refractivity contribution is -0.126. The molecule has 6 heteroatoms. The van der Waals surface area contributed by atoms with Crippen molar-refractivity contribution in [3.8, 4) is 0 Å². The Morgan fingerprint density at radius 2 is 1.50 bits per heavy atom. The van der Waals surface area contributed by atoms with Gasteiger partial charge in [-0.15, -0.1) is 0 Å². The second-order valence-electron chi connectivity index (χ2n) is 9.23. The van der Waals surface area contributed by atoms with Crippen LogP contribution in [-0.2, 0) is 22.4 Å². The van der Waals surface area contributed by atoms with E-state index in [1.54, 1.807) is 4.90 Å². The van der Waals surface area contributed by atoms with E-state index >= 15 is 0 Å². The van der Waals surface area contributed by atoms with Crippen molar-refractivity contribution in [1.29, 1.82) is 0 Å². The van der Waals surface area contributed by atoms with Crippen LogP contribution >= 0.6 is 0 Å². The minimum atomic E-state index is -0.453. The molecule has 1 saturated heterocycles. The first-order valence-corrected chi connectivity index (χ1v) is 12.3. The molecule has 0 spiro atoms. The molecule has 34 heavy (non-hydrogen) atoms. The maximum Gasteiger partial charge on any atom is 0.295 e. The predicted molar refractivity (Wildman–Crippen MR) is 136 cm³/mol. The SMILES string of the molecule is CCc1cccc(CC)c1NC(=O)CN1CCCN(C(=O)C(=O)c2c(C)cc(C)cc2C)CC1. The molecule has 3 rings (SSSR count). The number of nitrogens with zero attached hydrogens (tertiary/aromatic N) is 2. The van der Waals surface area contributed by atoms with Crippen molar-refractivity contribution in [3.63, 3.8) is 0 Å². The second-order valence-corrected chi connectivity index (χ2v) is 9.23. The van der Waals surface area contributed by atoms with Gasteiger partial charge >= 0.3 is 0 Å². The van der Waals surface area contributed by atoms with E-state index in [1.165, 1.54) is 0 Å². The lowest BCUT2D eigenvalue weighted by Gasteiger charge is -2.22. The molecule has 0 unspecified atom stereocenters. The quantitative estimate of drug-likeness (QED) is 0.496. The highest BCUT2D eigenvalue weighted by Crippen LogP contribution is 2.23. The zero-order chi connectivity index (χ0) is 24.8. The van der Waals surface area contributed by atoms with Gasteiger partial charge in [-0.3, -0.25) is 19.3 Å². The minimum Gasteiger partial charge on any atom is -0.334 e. The molecule has 0 bridgehead atoms. The number of para-hydroxylation sites is 1. The van der Waals surface area contributed by atoms with Gasteiger partial charge in [-0.2, -0.15) is 0 Å². The molecule has 0 saturated carbocycles. The van der Waals surface area contributed by atoms with Gasteiger partial charge in [-0.1, -0.05) is 49.7 Å². The third-order valence-corrected chi connectivity index (χ3v) is 6.60. The highest BCUT2D eigenvalue weighted by molar-refractivity contribution is 6.43. The first kappa shape index (κ1) is 25.6. The molecule has 0 atom stereocenters. The zero-order valence-corrected chi connectivity index (χ0v) is 21.2. The van der Waals surface area contributed by atoms with Crippen LogP contribution in [0.25, 0.3) is 0 Å². The molecule has 6 nitrogen and oxygen atoms in total. The number of carbonyl (C=O) groups is 3. The van der Waals surface area contributed by atoms with Crippen molar-refractivity contribution in [2.75, 3.05) is 38.0 Å². The largest absolute Gasteiger partial charge is 0.334 e. The highest BCUT2D eigenvalue weighted by atomic mass is 16.2. The Labute approximate surface area is 203 Å². The number of rotatable bonds is 7. The molecule has 1 fully saturated rings. The van der Waals surface area contributed by atoms with Crippen molar-refractivity contribution in [3.05, 3.63) is 63.7 Å². The average Bonchev–Trinajstić information content (AvgIpc) is 3.03. The van der Waals surface area contributed by atoms with Crippen molar-refractivity contribution in [2.45, 2.75) is 53.9 Å². The van der Waals surface area contributed by atoms with Gasteiger partial charge in [0.05, 0.1) is 6.54 Å². The Bertz CT molecular complexity index is 1030. The fourth-order valence-corrected chi connectivity index (χ4v) is 4.91. The predicted octanol–water partition coefficient (Wildman–Crippen LogP) is 4.09. The topological polar surface area (TPSA) is 69.7 Å². The van der Waals surface area contributed by atoms with E-state index in [9.17, 15) is 14.4 Å². The maximum absolute atomic E-state index is 13.0. The summed E-state index contributed by atoms with van der Waals surface area (Å²) >= 11 is 0. The van der Waals surface area contributed by atoms with Gasteiger partial charge in [-0.25, -0.2) is 0 Å². The van der Waals surface area contributed by atoms with Gasteiger partial charge < -0.3 is 10.2 Å². The molecule has 0 aliphatic carbocycles. The normalized spacial score (nSPS) is 14.6. The van der Waals surface area contributed by atoms with Crippen LogP contribution in [0.3, 0.4) is 0 Å². The molecule has 182 valence electrons. The Balaban J connectivity index is 1.62. The van der Waals surface area contributed by atoms with Gasteiger partial charge in [0.25, 0.3) is 11.7 Å². The van der Waals surface area contributed by atoms with Crippen LogP contribution in [-0.4, -0.2) is 60.1 Å². The van der Waals surface area contributed by atoms with Crippen molar-refractivity contribution >= 4 is 23.3 Å². The third kappa shape index (κ3) is 5.92. The number of carbonyl (C=O) groups excluding carboxylic acids is 3. The molecule has 1 N–H and O–H groups in total. The molecule has 2 amide bonds. The van der Waals surface area contributed by atoms with Crippen LogP contribution in [0.4, 0.5) is 5.69 Å². The van der Waals surface area contributed by atoms with Gasteiger partial charge in [0.1, 0.15) is 0 Å². The fourth-order valence-electron chi connectivity index (χ4n) is 4.91. The summed E-state index contributed by atoms with van der Waals surface area (Å²) in [6.45, 7) is 12.4. The number of aryl methyl sites for hydroxylation is 5. The monoisotopic (exact) mass is 463 g/mol. The summed E-state index contributed by atoms with van der Waals surface area (Å²) in [5, 5.41) is 3.12. The molecule has 2 aromatic carbocycles. The number of anilines is 1. The summed E-state index contributed by atoms with van der Waals surface area (Å²) in [5.41, 5.74) is 6.47. The third-order valence-electron chi connectivity index (χ3n) is 6.60.